The second-order valence-corrected chi connectivity index (χ2v) is 6.59. The van der Waals surface area contributed by atoms with E-state index in [1.165, 1.54) is 12.1 Å². The van der Waals surface area contributed by atoms with Crippen molar-refractivity contribution in [2.75, 3.05) is 46.9 Å². The highest BCUT2D eigenvalue weighted by atomic mass is 127. The minimum atomic E-state index is -0.201. The van der Waals surface area contributed by atoms with Crippen molar-refractivity contribution in [1.82, 2.24) is 20.9 Å². The van der Waals surface area contributed by atoms with E-state index in [9.17, 15) is 9.18 Å². The Hall–Kier alpha value is -1.46. The van der Waals surface area contributed by atoms with Gasteiger partial charge in [-0.1, -0.05) is 12.1 Å². The molecule has 28 heavy (non-hydrogen) atoms. The van der Waals surface area contributed by atoms with E-state index in [1.54, 1.807) is 14.2 Å². The fraction of sp³-hybridized carbons (Fsp3) is 0.579. The molecule has 7 nitrogen and oxygen atoms in total. The van der Waals surface area contributed by atoms with Crippen LogP contribution >= 0.6 is 24.0 Å². The number of ether oxygens (including phenoxy) is 1. The lowest BCUT2D eigenvalue weighted by Crippen LogP contribution is -2.50. The molecule has 1 fully saturated rings. The van der Waals surface area contributed by atoms with Crippen LogP contribution in [0.2, 0.25) is 0 Å². The van der Waals surface area contributed by atoms with Crippen LogP contribution in [-0.4, -0.2) is 69.8 Å². The maximum atomic E-state index is 13.0. The third-order valence-electron chi connectivity index (χ3n) is 4.52. The van der Waals surface area contributed by atoms with Crippen LogP contribution in [0.15, 0.2) is 29.3 Å². The molecule has 1 saturated heterocycles. The molecule has 3 N–H and O–H groups in total. The summed E-state index contributed by atoms with van der Waals surface area (Å²) < 4.78 is 17.9. The van der Waals surface area contributed by atoms with Gasteiger partial charge in [0.1, 0.15) is 5.82 Å². The Morgan fingerprint density at radius 1 is 1.25 bits per heavy atom. The van der Waals surface area contributed by atoms with Crippen LogP contribution < -0.4 is 16.0 Å². The first-order valence-electron chi connectivity index (χ1n) is 9.30. The first-order valence-corrected chi connectivity index (χ1v) is 9.30. The van der Waals surface area contributed by atoms with Crippen LogP contribution in [0.4, 0.5) is 4.39 Å². The number of carbonyl (C=O) groups is 1. The summed E-state index contributed by atoms with van der Waals surface area (Å²) in [7, 11) is 3.29. The molecule has 0 spiro atoms. The highest BCUT2D eigenvalue weighted by Gasteiger charge is 2.20. The number of hydrogen-bond acceptors (Lipinski definition) is 4. The van der Waals surface area contributed by atoms with Crippen LogP contribution in [0, 0.1) is 5.82 Å². The van der Waals surface area contributed by atoms with Gasteiger partial charge < -0.3 is 20.7 Å². The van der Waals surface area contributed by atoms with E-state index in [0.717, 1.165) is 38.0 Å². The number of benzene rings is 1. The summed E-state index contributed by atoms with van der Waals surface area (Å²) in [6.45, 7) is 3.92. The highest BCUT2D eigenvalue weighted by molar-refractivity contribution is 14.0. The predicted octanol–water partition coefficient (Wildman–Crippen LogP) is 1.34. The summed E-state index contributed by atoms with van der Waals surface area (Å²) >= 11 is 0. The number of guanidine groups is 1. The Labute approximate surface area is 183 Å². The third kappa shape index (κ3) is 9.16. The standard InChI is InChI=1S/C19H30FN5O2.HI/c1-21-19(23-13-18(26)22-9-12-27-2)24-17-7-10-25(11-8-17)14-15-3-5-16(20)6-4-15;/h3-6,17H,7-14H2,1-2H3,(H,22,26)(H2,21,23,24);1H. The van der Waals surface area contributed by atoms with Crippen molar-refractivity contribution in [2.24, 2.45) is 4.99 Å². The van der Waals surface area contributed by atoms with Crippen molar-refractivity contribution in [3.8, 4) is 0 Å². The largest absolute Gasteiger partial charge is 0.383 e. The third-order valence-corrected chi connectivity index (χ3v) is 4.52. The zero-order chi connectivity index (χ0) is 19.5. The lowest BCUT2D eigenvalue weighted by Gasteiger charge is -2.33. The number of nitrogens with one attached hydrogen (secondary N) is 3. The number of carbonyl (C=O) groups excluding carboxylic acids is 1. The quantitative estimate of drug-likeness (QED) is 0.214. The molecule has 1 aliphatic rings. The van der Waals surface area contributed by atoms with E-state index < -0.39 is 0 Å². The van der Waals surface area contributed by atoms with Gasteiger partial charge >= 0.3 is 0 Å². The Kier molecular flexibility index (Phi) is 12.0. The second-order valence-electron chi connectivity index (χ2n) is 6.59. The SMILES string of the molecule is CN=C(NCC(=O)NCCOC)NC1CCN(Cc2ccc(F)cc2)CC1.I. The molecule has 1 aromatic rings. The van der Waals surface area contributed by atoms with Crippen LogP contribution in [0.5, 0.6) is 0 Å². The average molecular weight is 507 g/mol. The molecule has 0 atom stereocenters. The molecule has 158 valence electrons. The topological polar surface area (TPSA) is 78.0 Å². The van der Waals surface area contributed by atoms with E-state index in [-0.39, 0.29) is 42.2 Å². The lowest BCUT2D eigenvalue weighted by molar-refractivity contribution is -0.120. The van der Waals surface area contributed by atoms with E-state index in [2.05, 4.69) is 25.8 Å². The minimum absolute atomic E-state index is 0. The Balaban J connectivity index is 0.00000392. The molecule has 1 heterocycles. The van der Waals surface area contributed by atoms with E-state index in [4.69, 9.17) is 4.74 Å². The maximum absolute atomic E-state index is 13.0. The Morgan fingerprint density at radius 2 is 1.93 bits per heavy atom. The number of rotatable bonds is 8. The number of aliphatic imine (C=N–C) groups is 1. The minimum Gasteiger partial charge on any atom is -0.383 e. The smallest absolute Gasteiger partial charge is 0.239 e. The molecule has 1 aromatic carbocycles. The van der Waals surface area contributed by atoms with Gasteiger partial charge in [-0.3, -0.25) is 14.7 Å². The van der Waals surface area contributed by atoms with Crippen molar-refractivity contribution in [1.29, 1.82) is 0 Å². The number of methoxy groups -OCH3 is 1. The lowest BCUT2D eigenvalue weighted by atomic mass is 10.0. The summed E-state index contributed by atoms with van der Waals surface area (Å²) in [6.07, 6.45) is 1.98. The van der Waals surface area contributed by atoms with Crippen molar-refractivity contribution >= 4 is 35.8 Å². The first-order chi connectivity index (χ1) is 13.1. The van der Waals surface area contributed by atoms with Crippen LogP contribution in [0.1, 0.15) is 18.4 Å². The van der Waals surface area contributed by atoms with Gasteiger partial charge in [-0.15, -0.1) is 24.0 Å². The molecule has 0 saturated carbocycles. The summed E-state index contributed by atoms with van der Waals surface area (Å²) in [5.41, 5.74) is 1.12. The van der Waals surface area contributed by atoms with Gasteiger partial charge in [0.15, 0.2) is 5.96 Å². The van der Waals surface area contributed by atoms with Gasteiger partial charge in [0.2, 0.25) is 5.91 Å². The van der Waals surface area contributed by atoms with Crippen LogP contribution in [-0.2, 0) is 16.1 Å². The van der Waals surface area contributed by atoms with Gasteiger partial charge in [-0.25, -0.2) is 4.39 Å². The summed E-state index contributed by atoms with van der Waals surface area (Å²) in [5.74, 6) is 0.339. The zero-order valence-electron chi connectivity index (χ0n) is 16.5. The molecule has 0 aromatic heterocycles. The molecule has 0 unspecified atom stereocenters. The Bertz CT molecular complexity index is 607. The average Bonchev–Trinajstić information content (AvgIpc) is 2.68. The molecule has 1 amide bonds. The summed E-state index contributed by atoms with van der Waals surface area (Å²) in [5, 5.41) is 9.17. The normalized spacial score (nSPS) is 15.6. The second kappa shape index (κ2) is 13.7. The number of amides is 1. The number of nitrogens with zero attached hydrogens (tertiary/aromatic N) is 2. The van der Waals surface area contributed by atoms with E-state index in [0.29, 0.717) is 25.2 Å². The number of piperidine rings is 1. The van der Waals surface area contributed by atoms with Crippen molar-refractivity contribution in [3.05, 3.63) is 35.6 Å². The van der Waals surface area contributed by atoms with Gasteiger partial charge in [0.25, 0.3) is 0 Å². The number of hydrogen-bond donors (Lipinski definition) is 3. The molecule has 0 aliphatic carbocycles. The fourth-order valence-corrected chi connectivity index (χ4v) is 2.99. The van der Waals surface area contributed by atoms with Gasteiger partial charge in [-0.05, 0) is 30.5 Å². The predicted molar refractivity (Wildman–Crippen MR) is 119 cm³/mol. The monoisotopic (exact) mass is 507 g/mol. The Morgan fingerprint density at radius 3 is 2.54 bits per heavy atom. The summed E-state index contributed by atoms with van der Waals surface area (Å²) in [4.78, 5) is 18.3. The molecular weight excluding hydrogens is 476 g/mol. The molecule has 9 heteroatoms. The molecular formula is C19H31FIN5O2. The van der Waals surface area contributed by atoms with Crippen LogP contribution in [0.3, 0.4) is 0 Å². The zero-order valence-corrected chi connectivity index (χ0v) is 18.9. The van der Waals surface area contributed by atoms with Gasteiger partial charge in [-0.2, -0.15) is 0 Å². The summed E-state index contributed by atoms with van der Waals surface area (Å²) in [6, 6.07) is 7.00. The maximum Gasteiger partial charge on any atom is 0.239 e. The fourth-order valence-electron chi connectivity index (χ4n) is 2.99. The van der Waals surface area contributed by atoms with E-state index >= 15 is 0 Å². The molecule has 0 bridgehead atoms. The van der Waals surface area contributed by atoms with Crippen LogP contribution in [0.25, 0.3) is 0 Å². The van der Waals surface area contributed by atoms with Crippen molar-refractivity contribution in [3.63, 3.8) is 0 Å². The number of likely N-dealkylation sites (tertiary alicyclic amines) is 1. The molecule has 0 radical (unpaired) electrons. The highest BCUT2D eigenvalue weighted by Crippen LogP contribution is 2.14. The van der Waals surface area contributed by atoms with Crippen molar-refractivity contribution in [2.45, 2.75) is 25.4 Å². The molecule has 2 rings (SSSR count). The van der Waals surface area contributed by atoms with Gasteiger partial charge in [0.05, 0.1) is 13.2 Å². The molecule has 1 aliphatic heterocycles. The van der Waals surface area contributed by atoms with E-state index in [1.807, 2.05) is 12.1 Å². The number of halogens is 2. The first kappa shape index (κ1) is 24.6. The van der Waals surface area contributed by atoms with Crippen molar-refractivity contribution < 1.29 is 13.9 Å². The van der Waals surface area contributed by atoms with Gasteiger partial charge in [0, 0.05) is 46.4 Å².